The molecule has 0 saturated heterocycles. The molecule has 1 heterocycles. The van der Waals surface area contributed by atoms with E-state index in [-0.39, 0.29) is 17.7 Å². The van der Waals surface area contributed by atoms with Gasteiger partial charge < -0.3 is 5.32 Å². The molecule has 23 heavy (non-hydrogen) atoms. The Balaban J connectivity index is 1.67. The smallest absolute Gasteiger partial charge is 0.225 e. The number of nitrogens with one attached hydrogen (secondary N) is 1. The first kappa shape index (κ1) is 15.9. The van der Waals surface area contributed by atoms with Crippen LogP contribution in [0.1, 0.15) is 29.5 Å². The van der Waals surface area contributed by atoms with E-state index < -0.39 is 6.04 Å². The molecule has 1 aromatic heterocycles. The largest absolute Gasteiger partial charge is 0.336 e. The highest BCUT2D eigenvalue weighted by atomic mass is 35.5. The maximum atomic E-state index is 12.3. The van der Waals surface area contributed by atoms with Crippen molar-refractivity contribution in [2.75, 3.05) is 0 Å². The summed E-state index contributed by atoms with van der Waals surface area (Å²) < 4.78 is 1.72. The lowest BCUT2D eigenvalue weighted by Crippen LogP contribution is -2.29. The minimum absolute atomic E-state index is 0.113. The van der Waals surface area contributed by atoms with E-state index in [0.29, 0.717) is 15.6 Å². The van der Waals surface area contributed by atoms with Crippen LogP contribution < -0.4 is 5.32 Å². The van der Waals surface area contributed by atoms with Crippen molar-refractivity contribution in [3.8, 4) is 6.07 Å². The fraction of sp³-hybridized carbons (Fsp3) is 0.312. The van der Waals surface area contributed by atoms with Crippen LogP contribution in [0.15, 0.2) is 30.6 Å². The number of aryl methyl sites for hydroxylation is 1. The van der Waals surface area contributed by atoms with E-state index in [1.54, 1.807) is 29.1 Å². The number of aromatic nitrogens is 2. The Hall–Kier alpha value is -2.03. The molecular formula is C16H14Cl2N4O. The van der Waals surface area contributed by atoms with E-state index in [4.69, 9.17) is 23.2 Å². The molecule has 1 aromatic carbocycles. The maximum Gasteiger partial charge on any atom is 0.225 e. The fourth-order valence-electron chi connectivity index (χ4n) is 2.62. The maximum absolute atomic E-state index is 12.3. The molecule has 5 nitrogen and oxygen atoms in total. The van der Waals surface area contributed by atoms with Crippen molar-refractivity contribution in [3.63, 3.8) is 0 Å². The van der Waals surface area contributed by atoms with E-state index in [1.807, 2.05) is 13.2 Å². The fourth-order valence-corrected chi connectivity index (χ4v) is 2.92. The number of nitriles is 1. The van der Waals surface area contributed by atoms with E-state index in [9.17, 15) is 10.1 Å². The van der Waals surface area contributed by atoms with E-state index in [2.05, 4.69) is 16.5 Å². The molecule has 0 bridgehead atoms. The molecule has 2 aromatic rings. The lowest BCUT2D eigenvalue weighted by Gasteiger charge is -2.12. The molecule has 0 unspecified atom stereocenters. The van der Waals surface area contributed by atoms with Gasteiger partial charge in [0.1, 0.15) is 6.04 Å². The van der Waals surface area contributed by atoms with Crippen molar-refractivity contribution < 1.29 is 4.79 Å². The summed E-state index contributed by atoms with van der Waals surface area (Å²) in [4.78, 5) is 12.3. The zero-order valence-electron chi connectivity index (χ0n) is 12.3. The minimum atomic E-state index is -0.743. The van der Waals surface area contributed by atoms with Crippen molar-refractivity contribution in [2.45, 2.75) is 18.4 Å². The van der Waals surface area contributed by atoms with Gasteiger partial charge in [-0.15, -0.1) is 0 Å². The molecule has 1 amide bonds. The SMILES string of the molecule is Cn1cc([C@@H]2C[C@@H]2C(=O)N[C@H](C#N)c2ccc(Cl)c(Cl)c2)cn1. The zero-order chi connectivity index (χ0) is 16.6. The number of nitrogens with zero attached hydrogens (tertiary/aromatic N) is 3. The predicted octanol–water partition coefficient (Wildman–Crippen LogP) is 3.21. The third kappa shape index (κ3) is 3.34. The summed E-state index contributed by atoms with van der Waals surface area (Å²) >= 11 is 11.8. The summed E-state index contributed by atoms with van der Waals surface area (Å²) in [6.07, 6.45) is 4.47. The summed E-state index contributed by atoms with van der Waals surface area (Å²) in [5.41, 5.74) is 1.67. The van der Waals surface area contributed by atoms with Gasteiger partial charge in [-0.1, -0.05) is 29.3 Å². The van der Waals surface area contributed by atoms with Crippen LogP contribution in [0.25, 0.3) is 0 Å². The highest BCUT2D eigenvalue weighted by Gasteiger charge is 2.45. The normalized spacial score (nSPS) is 20.6. The second kappa shape index (κ2) is 6.23. The molecule has 1 aliphatic carbocycles. The Morgan fingerprint density at radius 3 is 2.87 bits per heavy atom. The van der Waals surface area contributed by atoms with Crippen LogP contribution in [0.3, 0.4) is 0 Å². The van der Waals surface area contributed by atoms with Gasteiger partial charge in [0, 0.05) is 19.2 Å². The number of rotatable bonds is 4. The number of benzene rings is 1. The van der Waals surface area contributed by atoms with Crippen molar-refractivity contribution >= 4 is 29.1 Å². The van der Waals surface area contributed by atoms with Crippen molar-refractivity contribution in [3.05, 3.63) is 51.8 Å². The topological polar surface area (TPSA) is 70.7 Å². The molecule has 1 saturated carbocycles. The van der Waals surface area contributed by atoms with Gasteiger partial charge in [-0.3, -0.25) is 9.48 Å². The Bertz CT molecular complexity index is 796. The molecule has 1 N–H and O–H groups in total. The van der Waals surface area contributed by atoms with Crippen LogP contribution >= 0.6 is 23.2 Å². The third-order valence-electron chi connectivity index (χ3n) is 3.97. The molecule has 1 aliphatic rings. The average Bonchev–Trinajstić information content (AvgIpc) is 3.22. The number of carbonyl (C=O) groups is 1. The van der Waals surface area contributed by atoms with Gasteiger partial charge in [0.05, 0.1) is 22.3 Å². The van der Waals surface area contributed by atoms with Crippen molar-refractivity contribution in [1.29, 1.82) is 5.26 Å². The number of hydrogen-bond donors (Lipinski definition) is 1. The zero-order valence-corrected chi connectivity index (χ0v) is 13.8. The van der Waals surface area contributed by atoms with Gasteiger partial charge in [-0.25, -0.2) is 0 Å². The standard InChI is InChI=1S/C16H14Cl2N4O/c1-22-8-10(7-20-22)11-5-12(11)16(23)21-15(6-19)9-2-3-13(17)14(18)4-9/h2-4,7-8,11-12,15H,5H2,1H3,(H,21,23)/t11-,12-,15+/m0/s1. The van der Waals surface area contributed by atoms with Crippen LogP contribution in [-0.2, 0) is 11.8 Å². The Kier molecular flexibility index (Phi) is 4.29. The summed E-state index contributed by atoms with van der Waals surface area (Å²) in [5, 5.41) is 17.0. The van der Waals surface area contributed by atoms with Crippen molar-refractivity contribution in [2.24, 2.45) is 13.0 Å². The molecule has 118 valence electrons. The first-order valence-electron chi connectivity index (χ1n) is 7.13. The molecule has 0 aliphatic heterocycles. The van der Waals surface area contributed by atoms with Gasteiger partial charge in [0.25, 0.3) is 0 Å². The molecule has 0 radical (unpaired) electrons. The van der Waals surface area contributed by atoms with Crippen LogP contribution in [0.5, 0.6) is 0 Å². The van der Waals surface area contributed by atoms with E-state index >= 15 is 0 Å². The van der Waals surface area contributed by atoms with Gasteiger partial charge in [-0.05, 0) is 35.6 Å². The molecular weight excluding hydrogens is 335 g/mol. The molecule has 3 atom stereocenters. The van der Waals surface area contributed by atoms with Crippen LogP contribution in [0.2, 0.25) is 10.0 Å². The highest BCUT2D eigenvalue weighted by molar-refractivity contribution is 6.42. The Morgan fingerprint density at radius 1 is 1.48 bits per heavy atom. The van der Waals surface area contributed by atoms with Crippen LogP contribution in [-0.4, -0.2) is 15.7 Å². The summed E-state index contributed by atoms with van der Waals surface area (Å²) in [5.74, 6) is -0.0638. The van der Waals surface area contributed by atoms with Crippen molar-refractivity contribution in [1.82, 2.24) is 15.1 Å². The quantitative estimate of drug-likeness (QED) is 0.921. The number of amides is 1. The van der Waals surface area contributed by atoms with Gasteiger partial charge >= 0.3 is 0 Å². The van der Waals surface area contributed by atoms with Gasteiger partial charge in [0.2, 0.25) is 5.91 Å². The lowest BCUT2D eigenvalue weighted by molar-refractivity contribution is -0.122. The number of carbonyl (C=O) groups excluding carboxylic acids is 1. The monoisotopic (exact) mass is 348 g/mol. The molecule has 3 rings (SSSR count). The molecule has 1 fully saturated rings. The lowest BCUT2D eigenvalue weighted by atomic mass is 10.1. The third-order valence-corrected chi connectivity index (χ3v) is 4.71. The first-order chi connectivity index (χ1) is 11.0. The molecule has 7 heteroatoms. The minimum Gasteiger partial charge on any atom is -0.336 e. The van der Waals surface area contributed by atoms with Gasteiger partial charge in [-0.2, -0.15) is 10.4 Å². The van der Waals surface area contributed by atoms with Crippen LogP contribution in [0.4, 0.5) is 0 Å². The predicted molar refractivity (Wildman–Crippen MR) is 87.0 cm³/mol. The highest BCUT2D eigenvalue weighted by Crippen LogP contribution is 2.47. The number of hydrogen-bond acceptors (Lipinski definition) is 3. The van der Waals surface area contributed by atoms with E-state index in [0.717, 1.165) is 12.0 Å². The Labute approximate surface area is 143 Å². The average molecular weight is 349 g/mol. The number of halogens is 2. The second-order valence-corrected chi connectivity index (χ2v) is 6.45. The summed E-state index contributed by atoms with van der Waals surface area (Å²) in [7, 11) is 1.84. The first-order valence-corrected chi connectivity index (χ1v) is 7.88. The van der Waals surface area contributed by atoms with Gasteiger partial charge in [0.15, 0.2) is 0 Å². The Morgan fingerprint density at radius 2 is 2.26 bits per heavy atom. The second-order valence-electron chi connectivity index (χ2n) is 5.64. The van der Waals surface area contributed by atoms with Crippen LogP contribution in [0, 0.1) is 17.2 Å². The molecule has 0 spiro atoms. The van der Waals surface area contributed by atoms with E-state index in [1.165, 1.54) is 0 Å². The summed E-state index contributed by atoms with van der Waals surface area (Å²) in [6, 6.07) is 6.25. The summed E-state index contributed by atoms with van der Waals surface area (Å²) in [6.45, 7) is 0.